The van der Waals surface area contributed by atoms with E-state index in [4.69, 9.17) is 0 Å². The predicted molar refractivity (Wildman–Crippen MR) is 63.5 cm³/mol. The number of nitrogens with one attached hydrogen (secondary N) is 2. The van der Waals surface area contributed by atoms with Gasteiger partial charge < -0.3 is 0 Å². The van der Waals surface area contributed by atoms with Crippen molar-refractivity contribution < 1.29 is 8.42 Å². The molecule has 0 aliphatic carbocycles. The van der Waals surface area contributed by atoms with E-state index in [9.17, 15) is 8.42 Å². The van der Waals surface area contributed by atoms with E-state index in [0.29, 0.717) is 5.82 Å². The first kappa shape index (κ1) is 13.0. The molecule has 0 aromatic carbocycles. The molecule has 1 heterocycles. The summed E-state index contributed by atoms with van der Waals surface area (Å²) in [6.45, 7) is 7.27. The summed E-state index contributed by atoms with van der Waals surface area (Å²) in [5.41, 5.74) is 1.66. The van der Waals surface area contributed by atoms with Gasteiger partial charge in [-0.3, -0.25) is 9.82 Å². The Hall–Kier alpha value is -1.08. The van der Waals surface area contributed by atoms with Gasteiger partial charge in [0, 0.05) is 24.3 Å². The minimum Gasteiger partial charge on any atom is -0.280 e. The standard InChI is InChI=1S/C9H18N4O2S/c1-6(2)13(5)16(14,15)12-9-7(3)8(4)10-11-9/h6H,1-5H3,(H2,10,11,12). The highest BCUT2D eigenvalue weighted by molar-refractivity contribution is 7.90. The minimum atomic E-state index is -3.52. The number of aryl methyl sites for hydroxylation is 1. The minimum absolute atomic E-state index is 0.0992. The summed E-state index contributed by atoms with van der Waals surface area (Å²) >= 11 is 0. The normalized spacial score (nSPS) is 12.4. The highest BCUT2D eigenvalue weighted by Crippen LogP contribution is 2.16. The number of hydrogen-bond donors (Lipinski definition) is 2. The van der Waals surface area contributed by atoms with E-state index in [1.807, 2.05) is 27.7 Å². The summed E-state index contributed by atoms with van der Waals surface area (Å²) < 4.78 is 27.4. The van der Waals surface area contributed by atoms with Gasteiger partial charge in [0.15, 0.2) is 5.82 Å². The zero-order valence-corrected chi connectivity index (χ0v) is 11.0. The van der Waals surface area contributed by atoms with Crippen molar-refractivity contribution in [3.63, 3.8) is 0 Å². The van der Waals surface area contributed by atoms with Crippen molar-refractivity contribution in [3.8, 4) is 0 Å². The maximum absolute atomic E-state index is 11.9. The molecule has 0 atom stereocenters. The van der Waals surface area contributed by atoms with Crippen LogP contribution in [0.15, 0.2) is 0 Å². The highest BCUT2D eigenvalue weighted by Gasteiger charge is 2.22. The highest BCUT2D eigenvalue weighted by atomic mass is 32.2. The molecular formula is C9H18N4O2S. The molecule has 0 aliphatic rings. The molecule has 0 fully saturated rings. The molecule has 0 amide bonds. The van der Waals surface area contributed by atoms with Gasteiger partial charge in [0.1, 0.15) is 0 Å². The number of anilines is 1. The second-order valence-corrected chi connectivity index (χ2v) is 5.77. The van der Waals surface area contributed by atoms with Crippen LogP contribution in [-0.2, 0) is 10.2 Å². The number of rotatable bonds is 4. The van der Waals surface area contributed by atoms with E-state index in [2.05, 4.69) is 14.9 Å². The molecule has 1 aromatic rings. The van der Waals surface area contributed by atoms with Gasteiger partial charge in [-0.05, 0) is 27.7 Å². The predicted octanol–water partition coefficient (Wildman–Crippen LogP) is 1.02. The average molecular weight is 246 g/mol. The lowest BCUT2D eigenvalue weighted by atomic mass is 10.3. The van der Waals surface area contributed by atoms with Crippen molar-refractivity contribution in [2.75, 3.05) is 11.8 Å². The van der Waals surface area contributed by atoms with Gasteiger partial charge in [-0.2, -0.15) is 17.8 Å². The topological polar surface area (TPSA) is 78.1 Å². The zero-order valence-electron chi connectivity index (χ0n) is 10.2. The Morgan fingerprint density at radius 1 is 1.38 bits per heavy atom. The molecule has 0 bridgehead atoms. The third-order valence-electron chi connectivity index (χ3n) is 2.59. The van der Waals surface area contributed by atoms with Crippen molar-refractivity contribution in [3.05, 3.63) is 11.3 Å². The van der Waals surface area contributed by atoms with Crippen molar-refractivity contribution in [2.45, 2.75) is 33.7 Å². The fourth-order valence-corrected chi connectivity index (χ4v) is 2.20. The Labute approximate surface area is 96.2 Å². The van der Waals surface area contributed by atoms with Crippen molar-refractivity contribution in [1.29, 1.82) is 0 Å². The molecule has 0 unspecified atom stereocenters. The summed E-state index contributed by atoms with van der Waals surface area (Å²) in [5, 5.41) is 6.63. The van der Waals surface area contributed by atoms with Gasteiger partial charge >= 0.3 is 10.2 Å². The van der Waals surface area contributed by atoms with E-state index in [1.165, 1.54) is 11.4 Å². The van der Waals surface area contributed by atoms with Crippen molar-refractivity contribution in [1.82, 2.24) is 14.5 Å². The molecule has 0 saturated heterocycles. The van der Waals surface area contributed by atoms with Crippen molar-refractivity contribution in [2.24, 2.45) is 0 Å². The SMILES string of the molecule is Cc1[nH]nc(NS(=O)(=O)N(C)C(C)C)c1C. The van der Waals surface area contributed by atoms with E-state index < -0.39 is 10.2 Å². The average Bonchev–Trinajstić information content (AvgIpc) is 2.48. The molecular weight excluding hydrogens is 228 g/mol. The largest absolute Gasteiger partial charge is 0.302 e. The van der Waals surface area contributed by atoms with Crippen molar-refractivity contribution >= 4 is 16.0 Å². The van der Waals surface area contributed by atoms with Gasteiger partial charge in [-0.1, -0.05) is 0 Å². The molecule has 1 aromatic heterocycles. The summed E-state index contributed by atoms with van der Waals surface area (Å²) in [6.07, 6.45) is 0. The molecule has 0 spiro atoms. The lowest BCUT2D eigenvalue weighted by Gasteiger charge is -2.21. The molecule has 0 aliphatic heterocycles. The third-order valence-corrected chi connectivity index (χ3v) is 4.22. The molecule has 0 radical (unpaired) electrons. The summed E-state index contributed by atoms with van der Waals surface area (Å²) in [4.78, 5) is 0. The number of aromatic amines is 1. The summed E-state index contributed by atoms with van der Waals surface area (Å²) in [6, 6.07) is -0.0992. The monoisotopic (exact) mass is 246 g/mol. The number of H-pyrrole nitrogens is 1. The lowest BCUT2D eigenvalue weighted by Crippen LogP contribution is -2.37. The van der Waals surface area contributed by atoms with Crippen LogP contribution >= 0.6 is 0 Å². The molecule has 92 valence electrons. The zero-order chi connectivity index (χ0) is 12.5. The molecule has 16 heavy (non-hydrogen) atoms. The third kappa shape index (κ3) is 2.53. The van der Waals surface area contributed by atoms with Crippen LogP contribution in [0.1, 0.15) is 25.1 Å². The number of aromatic nitrogens is 2. The maximum Gasteiger partial charge on any atom is 0.302 e. The van der Waals surface area contributed by atoms with E-state index >= 15 is 0 Å². The maximum atomic E-state index is 11.9. The Morgan fingerprint density at radius 2 is 1.94 bits per heavy atom. The fraction of sp³-hybridized carbons (Fsp3) is 0.667. The van der Waals surface area contributed by atoms with Crippen LogP contribution in [0.25, 0.3) is 0 Å². The first-order chi connectivity index (χ1) is 7.25. The van der Waals surface area contributed by atoms with Crippen LogP contribution in [0.3, 0.4) is 0 Å². The fourth-order valence-electron chi connectivity index (χ4n) is 1.06. The van der Waals surface area contributed by atoms with Gasteiger partial charge in [0.25, 0.3) is 0 Å². The second-order valence-electron chi connectivity index (χ2n) is 4.04. The van der Waals surface area contributed by atoms with Crippen LogP contribution in [0.2, 0.25) is 0 Å². The Balaban J connectivity index is 2.94. The number of hydrogen-bond acceptors (Lipinski definition) is 3. The van der Waals surface area contributed by atoms with Crippen LogP contribution < -0.4 is 4.72 Å². The van der Waals surface area contributed by atoms with E-state index in [0.717, 1.165) is 11.3 Å². The van der Waals surface area contributed by atoms with Gasteiger partial charge in [-0.25, -0.2) is 0 Å². The lowest BCUT2D eigenvalue weighted by molar-refractivity contribution is 0.414. The van der Waals surface area contributed by atoms with Gasteiger partial charge in [0.05, 0.1) is 0 Å². The van der Waals surface area contributed by atoms with Crippen LogP contribution in [-0.4, -0.2) is 36.0 Å². The van der Waals surface area contributed by atoms with Gasteiger partial charge in [0.2, 0.25) is 0 Å². The first-order valence-corrected chi connectivity index (χ1v) is 6.47. The molecule has 0 saturated carbocycles. The van der Waals surface area contributed by atoms with Crippen LogP contribution in [0.4, 0.5) is 5.82 Å². The summed E-state index contributed by atoms with van der Waals surface area (Å²) in [5.74, 6) is 0.352. The molecule has 1 rings (SSSR count). The van der Waals surface area contributed by atoms with Crippen LogP contribution in [0.5, 0.6) is 0 Å². The second kappa shape index (κ2) is 4.42. The quantitative estimate of drug-likeness (QED) is 0.832. The number of nitrogens with zero attached hydrogens (tertiary/aromatic N) is 2. The Morgan fingerprint density at radius 3 is 2.31 bits per heavy atom. The molecule has 6 nitrogen and oxygen atoms in total. The van der Waals surface area contributed by atoms with E-state index in [1.54, 1.807) is 0 Å². The van der Waals surface area contributed by atoms with E-state index in [-0.39, 0.29) is 6.04 Å². The Bertz CT molecular complexity index is 464. The summed E-state index contributed by atoms with van der Waals surface area (Å²) in [7, 11) is -1.99. The van der Waals surface area contributed by atoms with Crippen LogP contribution in [0, 0.1) is 13.8 Å². The Kier molecular flexibility index (Phi) is 3.59. The molecule has 7 heteroatoms. The smallest absolute Gasteiger partial charge is 0.280 e. The molecule has 2 N–H and O–H groups in total. The van der Waals surface area contributed by atoms with Gasteiger partial charge in [-0.15, -0.1) is 0 Å². The first-order valence-electron chi connectivity index (χ1n) is 5.03.